The Morgan fingerprint density at radius 1 is 1.15 bits per heavy atom. The van der Waals surface area contributed by atoms with Crippen LogP contribution in [0.1, 0.15) is 12.8 Å². The molecule has 0 bridgehead atoms. The summed E-state index contributed by atoms with van der Waals surface area (Å²) in [5.41, 5.74) is 1.46. The van der Waals surface area contributed by atoms with E-state index in [-0.39, 0.29) is 11.6 Å². The average molecular weight is 586 g/mol. The second-order valence-electron chi connectivity index (χ2n) is 9.38. The highest BCUT2D eigenvalue weighted by atomic mass is 35.5. The number of likely N-dealkylation sites (N-methyl/N-ethyl adjacent to an activating group) is 1. The van der Waals surface area contributed by atoms with Crippen molar-refractivity contribution in [3.8, 4) is 5.75 Å². The van der Waals surface area contributed by atoms with Crippen LogP contribution >= 0.6 is 11.6 Å². The standard InChI is InChI=1S/C28H29ClFN5O6/c1-35(25(27(37)39-2)28(38)40-3)10-4-5-24(36)34-22-12-18-21(13-23(22)41-14-16-6-7-16)31-15-32-26(18)33-17-8-9-20(30)19(29)11-17/h4-5,8-9,11-13,15-16,25H,6-7,10,14H2,1-3H3,(H,34,36)(H,31,32,33). The normalized spacial score (nSPS) is 13.0. The van der Waals surface area contributed by atoms with Gasteiger partial charge in [-0.1, -0.05) is 17.7 Å². The zero-order valence-corrected chi connectivity index (χ0v) is 23.4. The average Bonchev–Trinajstić information content (AvgIpc) is 3.78. The minimum atomic E-state index is -1.28. The van der Waals surface area contributed by atoms with Gasteiger partial charge in [-0.25, -0.2) is 23.9 Å². The molecule has 41 heavy (non-hydrogen) atoms. The molecule has 1 heterocycles. The lowest BCUT2D eigenvalue weighted by atomic mass is 10.1. The van der Waals surface area contributed by atoms with E-state index in [0.717, 1.165) is 12.8 Å². The van der Waals surface area contributed by atoms with Gasteiger partial charge in [0.05, 0.1) is 37.1 Å². The maximum atomic E-state index is 13.6. The summed E-state index contributed by atoms with van der Waals surface area (Å²) in [5, 5.41) is 6.46. The van der Waals surface area contributed by atoms with Crippen molar-refractivity contribution in [2.75, 3.05) is 45.1 Å². The number of nitrogens with zero attached hydrogens (tertiary/aromatic N) is 3. The summed E-state index contributed by atoms with van der Waals surface area (Å²) >= 11 is 5.92. The quantitative estimate of drug-likeness (QED) is 0.182. The minimum Gasteiger partial charge on any atom is -0.491 e. The first kappa shape index (κ1) is 29.7. The van der Waals surface area contributed by atoms with Crippen molar-refractivity contribution in [3.05, 3.63) is 59.7 Å². The fraction of sp³-hybridized carbons (Fsp3) is 0.321. The number of esters is 2. The number of aromatic nitrogens is 2. The van der Waals surface area contributed by atoms with Crippen LogP contribution in [0.15, 0.2) is 48.8 Å². The van der Waals surface area contributed by atoms with Gasteiger partial charge < -0.3 is 24.8 Å². The van der Waals surface area contributed by atoms with Crippen molar-refractivity contribution < 1.29 is 33.0 Å². The molecule has 11 nitrogen and oxygen atoms in total. The maximum absolute atomic E-state index is 13.6. The molecule has 0 unspecified atom stereocenters. The zero-order chi connectivity index (χ0) is 29.5. The molecule has 0 saturated heterocycles. The molecule has 3 aromatic rings. The Balaban J connectivity index is 1.55. The van der Waals surface area contributed by atoms with Gasteiger partial charge in [-0.05, 0) is 50.1 Å². The van der Waals surface area contributed by atoms with Gasteiger partial charge in [0.25, 0.3) is 0 Å². The number of benzene rings is 2. The summed E-state index contributed by atoms with van der Waals surface area (Å²) in [6, 6.07) is 6.33. The summed E-state index contributed by atoms with van der Waals surface area (Å²) in [6.07, 6.45) is 6.32. The van der Waals surface area contributed by atoms with Gasteiger partial charge in [0, 0.05) is 29.8 Å². The van der Waals surface area contributed by atoms with Crippen molar-refractivity contribution in [1.82, 2.24) is 14.9 Å². The van der Waals surface area contributed by atoms with Gasteiger partial charge in [0.2, 0.25) is 11.9 Å². The number of amides is 1. The number of fused-ring (bicyclic) bond motifs is 1. The number of nitrogens with one attached hydrogen (secondary N) is 2. The lowest BCUT2D eigenvalue weighted by Crippen LogP contribution is -2.46. The molecule has 1 amide bonds. The van der Waals surface area contributed by atoms with Gasteiger partial charge in [-0.3, -0.25) is 9.69 Å². The third-order valence-electron chi connectivity index (χ3n) is 6.30. The van der Waals surface area contributed by atoms with E-state index in [1.165, 1.54) is 62.8 Å². The van der Waals surface area contributed by atoms with Crippen molar-refractivity contribution in [2.24, 2.45) is 5.92 Å². The molecule has 1 aliphatic rings. The molecule has 1 saturated carbocycles. The van der Waals surface area contributed by atoms with E-state index in [4.69, 9.17) is 16.3 Å². The summed E-state index contributed by atoms with van der Waals surface area (Å²) in [6.45, 7) is 0.578. The van der Waals surface area contributed by atoms with E-state index in [1.807, 2.05) is 0 Å². The van der Waals surface area contributed by atoms with Crippen molar-refractivity contribution in [1.29, 1.82) is 0 Å². The van der Waals surface area contributed by atoms with E-state index in [1.54, 1.807) is 12.1 Å². The van der Waals surface area contributed by atoms with Crippen LogP contribution in [0.3, 0.4) is 0 Å². The third kappa shape index (κ3) is 7.68. The molecule has 0 atom stereocenters. The van der Waals surface area contributed by atoms with Crippen molar-refractivity contribution >= 4 is 57.5 Å². The Bertz CT molecular complexity index is 1470. The Morgan fingerprint density at radius 2 is 1.88 bits per heavy atom. The lowest BCUT2D eigenvalue weighted by molar-refractivity contribution is -0.159. The number of halogens is 2. The summed E-state index contributed by atoms with van der Waals surface area (Å²) in [7, 11) is 3.86. The highest BCUT2D eigenvalue weighted by Crippen LogP contribution is 2.36. The molecule has 216 valence electrons. The fourth-order valence-corrected chi connectivity index (χ4v) is 4.07. The molecule has 0 spiro atoms. The van der Waals surface area contributed by atoms with Crippen molar-refractivity contribution in [3.63, 3.8) is 0 Å². The monoisotopic (exact) mass is 585 g/mol. The first-order valence-corrected chi connectivity index (χ1v) is 13.0. The maximum Gasteiger partial charge on any atom is 0.334 e. The molecule has 13 heteroatoms. The van der Waals surface area contributed by atoms with Crippen LogP contribution in [0.5, 0.6) is 5.75 Å². The van der Waals surface area contributed by atoms with Crippen LogP contribution in [0.25, 0.3) is 10.9 Å². The third-order valence-corrected chi connectivity index (χ3v) is 6.59. The minimum absolute atomic E-state index is 0.0426. The number of hydrogen-bond acceptors (Lipinski definition) is 10. The van der Waals surface area contributed by atoms with Gasteiger partial charge >= 0.3 is 11.9 Å². The van der Waals surface area contributed by atoms with E-state index < -0.39 is 29.7 Å². The molecule has 1 fully saturated rings. The first-order chi connectivity index (χ1) is 19.7. The van der Waals surface area contributed by atoms with Crippen LogP contribution in [-0.4, -0.2) is 73.2 Å². The van der Waals surface area contributed by atoms with Crippen LogP contribution in [0.2, 0.25) is 5.02 Å². The van der Waals surface area contributed by atoms with Crippen LogP contribution in [0.4, 0.5) is 21.6 Å². The SMILES string of the molecule is COC(=O)C(C(=O)OC)N(C)CC=CC(=O)Nc1cc2c(Nc3ccc(F)c(Cl)c3)ncnc2cc1OCC1CC1. The van der Waals surface area contributed by atoms with Crippen LogP contribution in [0, 0.1) is 11.7 Å². The smallest absolute Gasteiger partial charge is 0.334 e. The molecule has 1 aliphatic carbocycles. The Kier molecular flexibility index (Phi) is 9.69. The predicted molar refractivity (Wildman–Crippen MR) is 151 cm³/mol. The van der Waals surface area contributed by atoms with E-state index in [0.29, 0.717) is 46.4 Å². The van der Waals surface area contributed by atoms with Gasteiger partial charge in [-0.2, -0.15) is 0 Å². The number of anilines is 3. The first-order valence-electron chi connectivity index (χ1n) is 12.7. The molecule has 2 aromatic carbocycles. The number of methoxy groups -OCH3 is 2. The number of carbonyl (C=O) groups is 3. The lowest BCUT2D eigenvalue weighted by Gasteiger charge is -2.22. The van der Waals surface area contributed by atoms with Crippen LogP contribution in [-0.2, 0) is 23.9 Å². The second-order valence-corrected chi connectivity index (χ2v) is 9.78. The van der Waals surface area contributed by atoms with E-state index in [9.17, 15) is 18.8 Å². The number of carbonyl (C=O) groups excluding carboxylic acids is 3. The number of hydrogen-bond donors (Lipinski definition) is 2. The summed E-state index contributed by atoms with van der Waals surface area (Å²) in [5.74, 6) is -1.25. The van der Waals surface area contributed by atoms with Crippen molar-refractivity contribution in [2.45, 2.75) is 18.9 Å². The van der Waals surface area contributed by atoms with Gasteiger partial charge in [0.15, 0.2) is 0 Å². The molecule has 4 rings (SSSR count). The van der Waals surface area contributed by atoms with Crippen LogP contribution < -0.4 is 15.4 Å². The highest BCUT2D eigenvalue weighted by Gasteiger charge is 2.32. The van der Waals surface area contributed by atoms with Gasteiger partial charge in [-0.15, -0.1) is 0 Å². The Morgan fingerprint density at radius 3 is 2.54 bits per heavy atom. The topological polar surface area (TPSA) is 132 Å². The molecule has 0 aliphatic heterocycles. The van der Waals surface area contributed by atoms with E-state index in [2.05, 4.69) is 30.1 Å². The van der Waals surface area contributed by atoms with E-state index >= 15 is 0 Å². The highest BCUT2D eigenvalue weighted by molar-refractivity contribution is 6.31. The van der Waals surface area contributed by atoms with Gasteiger partial charge in [0.1, 0.15) is 23.7 Å². The molecule has 0 radical (unpaired) electrons. The Hall–Kier alpha value is -4.29. The summed E-state index contributed by atoms with van der Waals surface area (Å²) in [4.78, 5) is 46.9. The molecular formula is C28H29ClFN5O6. The summed E-state index contributed by atoms with van der Waals surface area (Å²) < 4.78 is 29.0. The molecule has 1 aromatic heterocycles. The number of ether oxygens (including phenoxy) is 3. The fourth-order valence-electron chi connectivity index (χ4n) is 3.89. The largest absolute Gasteiger partial charge is 0.491 e. The predicted octanol–water partition coefficient (Wildman–Crippen LogP) is 4.10. The number of rotatable bonds is 12. The second kappa shape index (κ2) is 13.4. The molecule has 2 N–H and O–H groups in total. The zero-order valence-electron chi connectivity index (χ0n) is 22.6. The Labute approximate surface area is 240 Å². The molecular weight excluding hydrogens is 557 g/mol.